The van der Waals surface area contributed by atoms with Gasteiger partial charge in [0, 0.05) is 29.8 Å². The fourth-order valence-corrected chi connectivity index (χ4v) is 3.15. The fraction of sp³-hybridized carbons (Fsp3) is 0.333. The molecule has 2 aromatic rings. The molecule has 1 fully saturated rings. The van der Waals surface area contributed by atoms with Gasteiger partial charge in [0.15, 0.2) is 5.11 Å². The van der Waals surface area contributed by atoms with Crippen LogP contribution in [0, 0.1) is 6.92 Å². The van der Waals surface area contributed by atoms with E-state index >= 15 is 0 Å². The third-order valence-electron chi connectivity index (χ3n) is 4.12. The van der Waals surface area contributed by atoms with E-state index in [9.17, 15) is 0 Å². The molecule has 1 aromatic carbocycles. The van der Waals surface area contributed by atoms with Crippen molar-refractivity contribution in [3.05, 3.63) is 52.1 Å². The van der Waals surface area contributed by atoms with E-state index in [1.807, 2.05) is 19.1 Å². The van der Waals surface area contributed by atoms with Gasteiger partial charge in [0.2, 0.25) is 0 Å². The lowest BCUT2D eigenvalue weighted by molar-refractivity contribution is 0.919. The van der Waals surface area contributed by atoms with Crippen LogP contribution in [0.15, 0.2) is 40.9 Å². The highest BCUT2D eigenvalue weighted by Crippen LogP contribution is 2.20. The van der Waals surface area contributed by atoms with Crippen LogP contribution in [0.4, 0.5) is 11.5 Å². The number of benzene rings is 1. The van der Waals surface area contributed by atoms with Gasteiger partial charge in [0.05, 0.1) is 5.69 Å². The van der Waals surface area contributed by atoms with Gasteiger partial charge in [-0.05, 0) is 77.7 Å². The van der Waals surface area contributed by atoms with E-state index in [0.29, 0.717) is 11.7 Å². The van der Waals surface area contributed by atoms with Crippen molar-refractivity contribution in [2.75, 3.05) is 23.3 Å². The van der Waals surface area contributed by atoms with E-state index in [0.717, 1.165) is 16.0 Å². The maximum atomic E-state index is 5.34. The van der Waals surface area contributed by atoms with Crippen LogP contribution >= 0.6 is 28.1 Å². The van der Waals surface area contributed by atoms with E-state index < -0.39 is 0 Å². The first-order valence-corrected chi connectivity index (χ1v) is 9.34. The van der Waals surface area contributed by atoms with Crippen molar-refractivity contribution in [3.8, 4) is 0 Å². The summed E-state index contributed by atoms with van der Waals surface area (Å²) in [4.78, 5) is 6.87. The minimum Gasteiger partial charge on any atom is -0.372 e. The number of pyridine rings is 1. The number of anilines is 2. The van der Waals surface area contributed by atoms with Crippen molar-refractivity contribution < 1.29 is 0 Å². The van der Waals surface area contributed by atoms with Crippen molar-refractivity contribution in [1.82, 2.24) is 10.3 Å². The van der Waals surface area contributed by atoms with Crippen LogP contribution in [0.5, 0.6) is 0 Å². The van der Waals surface area contributed by atoms with Gasteiger partial charge < -0.3 is 15.5 Å². The summed E-state index contributed by atoms with van der Waals surface area (Å²) in [6.45, 7) is 4.99. The molecule has 0 radical (unpaired) electrons. The molecule has 0 aliphatic carbocycles. The Bertz CT molecular complexity index is 711. The van der Waals surface area contributed by atoms with Crippen molar-refractivity contribution >= 4 is 44.8 Å². The van der Waals surface area contributed by atoms with Crippen molar-refractivity contribution in [2.45, 2.75) is 26.3 Å². The Morgan fingerprint density at radius 3 is 2.54 bits per heavy atom. The fourth-order valence-electron chi connectivity index (χ4n) is 2.76. The Labute approximate surface area is 156 Å². The average molecular weight is 405 g/mol. The van der Waals surface area contributed by atoms with Gasteiger partial charge in [-0.2, -0.15) is 0 Å². The number of nitrogens with one attached hydrogen (secondary N) is 2. The maximum Gasteiger partial charge on any atom is 0.172 e. The molecule has 3 rings (SSSR count). The molecular formula is C18H21BrN4S. The highest BCUT2D eigenvalue weighted by molar-refractivity contribution is 9.10. The summed E-state index contributed by atoms with van der Waals surface area (Å²) in [5.74, 6) is 0.748. The van der Waals surface area contributed by atoms with E-state index in [1.165, 1.54) is 37.2 Å². The Morgan fingerprint density at radius 2 is 1.88 bits per heavy atom. The number of halogens is 1. The summed E-state index contributed by atoms with van der Waals surface area (Å²) in [6, 6.07) is 12.6. The quantitative estimate of drug-likeness (QED) is 0.745. The molecule has 1 aliphatic rings. The third-order valence-corrected chi connectivity index (χ3v) is 5.21. The van der Waals surface area contributed by atoms with Gasteiger partial charge in [0.1, 0.15) is 5.82 Å². The molecule has 1 saturated heterocycles. The second kappa shape index (κ2) is 7.94. The highest BCUT2D eigenvalue weighted by atomic mass is 79.9. The van der Waals surface area contributed by atoms with Crippen LogP contribution in [0.2, 0.25) is 0 Å². The van der Waals surface area contributed by atoms with Crippen molar-refractivity contribution in [2.24, 2.45) is 0 Å². The monoisotopic (exact) mass is 404 g/mol. The maximum absolute atomic E-state index is 5.34. The van der Waals surface area contributed by atoms with Crippen LogP contribution in [0.25, 0.3) is 0 Å². The van der Waals surface area contributed by atoms with Gasteiger partial charge in [-0.3, -0.25) is 0 Å². The second-order valence-electron chi connectivity index (χ2n) is 5.93. The number of rotatable bonds is 4. The zero-order chi connectivity index (χ0) is 16.9. The SMILES string of the molecule is Cc1nc(NC(=S)NCc2ccc(N3CCCC3)cc2)ccc1Br. The summed E-state index contributed by atoms with van der Waals surface area (Å²) in [5.41, 5.74) is 3.45. The van der Waals surface area contributed by atoms with Gasteiger partial charge >= 0.3 is 0 Å². The largest absolute Gasteiger partial charge is 0.372 e. The van der Waals surface area contributed by atoms with Crippen molar-refractivity contribution in [3.63, 3.8) is 0 Å². The first kappa shape index (κ1) is 17.2. The van der Waals surface area contributed by atoms with Gasteiger partial charge in [-0.1, -0.05) is 12.1 Å². The summed E-state index contributed by atoms with van der Waals surface area (Å²) < 4.78 is 0.991. The number of aryl methyl sites for hydroxylation is 1. The normalized spacial score (nSPS) is 13.8. The van der Waals surface area contributed by atoms with Gasteiger partial charge in [-0.25, -0.2) is 4.98 Å². The van der Waals surface area contributed by atoms with E-state index in [-0.39, 0.29) is 0 Å². The number of aromatic nitrogens is 1. The topological polar surface area (TPSA) is 40.2 Å². The lowest BCUT2D eigenvalue weighted by Gasteiger charge is -2.18. The second-order valence-corrected chi connectivity index (χ2v) is 7.19. The third kappa shape index (κ3) is 4.45. The first-order chi connectivity index (χ1) is 11.6. The standard InChI is InChI=1S/C18H21BrN4S/c1-13-16(19)8-9-17(21-13)22-18(24)20-12-14-4-6-15(7-5-14)23-10-2-3-11-23/h4-9H,2-3,10-12H2,1H3,(H2,20,21,22,24). The number of hydrogen-bond donors (Lipinski definition) is 2. The molecule has 24 heavy (non-hydrogen) atoms. The smallest absolute Gasteiger partial charge is 0.172 e. The average Bonchev–Trinajstić information content (AvgIpc) is 3.11. The predicted octanol–water partition coefficient (Wildman–Crippen LogP) is 4.24. The molecule has 126 valence electrons. The molecule has 6 heteroatoms. The van der Waals surface area contributed by atoms with Crippen molar-refractivity contribution in [1.29, 1.82) is 0 Å². The van der Waals surface area contributed by atoms with Crippen LogP contribution in [-0.2, 0) is 6.54 Å². The Balaban J connectivity index is 1.51. The molecule has 2 N–H and O–H groups in total. The van der Waals surface area contributed by atoms with E-state index in [2.05, 4.69) is 60.7 Å². The highest BCUT2D eigenvalue weighted by Gasteiger charge is 2.11. The molecule has 0 atom stereocenters. The molecule has 4 nitrogen and oxygen atoms in total. The first-order valence-electron chi connectivity index (χ1n) is 8.14. The number of thiocarbonyl (C=S) groups is 1. The molecule has 0 bridgehead atoms. The molecule has 2 heterocycles. The van der Waals surface area contributed by atoms with Crippen LogP contribution < -0.4 is 15.5 Å². The summed E-state index contributed by atoms with van der Waals surface area (Å²) >= 11 is 8.79. The van der Waals surface area contributed by atoms with Gasteiger partial charge in [-0.15, -0.1) is 0 Å². The minimum atomic E-state index is 0.577. The molecule has 0 amide bonds. The Morgan fingerprint density at radius 1 is 1.17 bits per heavy atom. The van der Waals surface area contributed by atoms with Crippen LogP contribution in [0.3, 0.4) is 0 Å². The Hall–Kier alpha value is -1.66. The zero-order valence-electron chi connectivity index (χ0n) is 13.7. The molecule has 0 spiro atoms. The van der Waals surface area contributed by atoms with Crippen LogP contribution in [-0.4, -0.2) is 23.2 Å². The Kier molecular flexibility index (Phi) is 5.68. The predicted molar refractivity (Wildman–Crippen MR) is 108 cm³/mol. The summed E-state index contributed by atoms with van der Waals surface area (Å²) in [7, 11) is 0. The van der Waals surface area contributed by atoms with Crippen LogP contribution in [0.1, 0.15) is 24.1 Å². The molecule has 0 unspecified atom stereocenters. The van der Waals surface area contributed by atoms with E-state index in [4.69, 9.17) is 12.2 Å². The molecule has 1 aliphatic heterocycles. The van der Waals surface area contributed by atoms with E-state index in [1.54, 1.807) is 0 Å². The lowest BCUT2D eigenvalue weighted by atomic mass is 10.2. The minimum absolute atomic E-state index is 0.577. The lowest BCUT2D eigenvalue weighted by Crippen LogP contribution is -2.28. The molecular weight excluding hydrogens is 384 g/mol. The van der Waals surface area contributed by atoms with Gasteiger partial charge in [0.25, 0.3) is 0 Å². The summed E-state index contributed by atoms with van der Waals surface area (Å²) in [5, 5.41) is 6.92. The molecule has 1 aromatic heterocycles. The molecule has 0 saturated carbocycles. The summed E-state index contributed by atoms with van der Waals surface area (Å²) in [6.07, 6.45) is 2.60. The zero-order valence-corrected chi connectivity index (χ0v) is 16.1. The number of hydrogen-bond acceptors (Lipinski definition) is 3. The number of nitrogens with zero attached hydrogens (tertiary/aromatic N) is 2.